The number of nitrogen functional groups attached to an aromatic ring is 2. The lowest BCUT2D eigenvalue weighted by Crippen LogP contribution is -1.94. The Morgan fingerprint density at radius 2 is 1.65 bits per heavy atom. The van der Waals surface area contributed by atoms with E-state index in [1.165, 1.54) is 0 Å². The van der Waals surface area contributed by atoms with E-state index in [0.717, 1.165) is 5.56 Å². The molecule has 4 heteroatoms. The van der Waals surface area contributed by atoms with Crippen LogP contribution in [0.4, 0.5) is 11.4 Å². The number of benzene rings is 2. The molecule has 0 spiro atoms. The van der Waals surface area contributed by atoms with E-state index in [1.807, 2.05) is 0 Å². The van der Waals surface area contributed by atoms with Gasteiger partial charge in [-0.2, -0.15) is 0 Å². The zero-order valence-electron chi connectivity index (χ0n) is 8.51. The van der Waals surface area contributed by atoms with Crippen molar-refractivity contribution < 1.29 is 10.2 Å². The molecular formula is C13H16N2O2. The van der Waals surface area contributed by atoms with Gasteiger partial charge in [-0.05, 0) is 29.8 Å². The summed E-state index contributed by atoms with van der Waals surface area (Å²) >= 11 is 0. The molecule has 0 fully saturated rings. The van der Waals surface area contributed by atoms with E-state index < -0.39 is 0 Å². The summed E-state index contributed by atoms with van der Waals surface area (Å²) in [6.45, 7) is 0. The number of phenolic OH excluding ortho intramolecular Hbond substituents is 2. The molecule has 0 aliphatic heterocycles. The van der Waals surface area contributed by atoms with Crippen molar-refractivity contribution in [3.05, 3.63) is 36.4 Å². The average molecular weight is 232 g/mol. The van der Waals surface area contributed by atoms with Gasteiger partial charge in [-0.15, -0.1) is 0 Å². The van der Waals surface area contributed by atoms with Gasteiger partial charge >= 0.3 is 0 Å². The van der Waals surface area contributed by atoms with E-state index in [0.29, 0.717) is 5.56 Å². The van der Waals surface area contributed by atoms with E-state index in [1.54, 1.807) is 36.4 Å². The Kier molecular flexibility index (Phi) is 3.48. The van der Waals surface area contributed by atoms with Gasteiger partial charge in [-0.1, -0.05) is 19.6 Å². The van der Waals surface area contributed by atoms with Crippen LogP contribution >= 0.6 is 0 Å². The van der Waals surface area contributed by atoms with Crippen LogP contribution in [0.15, 0.2) is 36.4 Å². The van der Waals surface area contributed by atoms with Gasteiger partial charge in [-0.3, -0.25) is 0 Å². The van der Waals surface area contributed by atoms with Crippen LogP contribution in [-0.4, -0.2) is 10.2 Å². The summed E-state index contributed by atoms with van der Waals surface area (Å²) in [7, 11) is 0. The predicted molar refractivity (Wildman–Crippen MR) is 70.8 cm³/mol. The molecule has 0 aromatic heterocycles. The second-order valence-electron chi connectivity index (χ2n) is 3.51. The molecule has 0 atom stereocenters. The average Bonchev–Trinajstić information content (AvgIpc) is 2.26. The molecule has 0 saturated carbocycles. The topological polar surface area (TPSA) is 92.5 Å². The molecule has 6 N–H and O–H groups in total. The number of hydrogen-bond acceptors (Lipinski definition) is 4. The second kappa shape index (κ2) is 4.65. The molecule has 90 valence electrons. The van der Waals surface area contributed by atoms with E-state index in [-0.39, 0.29) is 30.3 Å². The lowest BCUT2D eigenvalue weighted by atomic mass is 10.0. The van der Waals surface area contributed by atoms with Gasteiger partial charge in [0.15, 0.2) is 5.75 Å². The number of phenols is 2. The predicted octanol–water partition coefficient (Wildman–Crippen LogP) is 2.57. The molecule has 17 heavy (non-hydrogen) atoms. The lowest BCUT2D eigenvalue weighted by molar-refractivity contribution is 0.475. The summed E-state index contributed by atoms with van der Waals surface area (Å²) in [5.41, 5.74) is 13.1. The molecule has 0 unspecified atom stereocenters. The maximum absolute atomic E-state index is 9.61. The van der Waals surface area contributed by atoms with Crippen LogP contribution in [-0.2, 0) is 0 Å². The Labute approximate surface area is 100 Å². The summed E-state index contributed by atoms with van der Waals surface area (Å²) < 4.78 is 0. The highest BCUT2D eigenvalue weighted by atomic mass is 16.3. The van der Waals surface area contributed by atoms with Crippen LogP contribution in [0.5, 0.6) is 11.5 Å². The van der Waals surface area contributed by atoms with Crippen molar-refractivity contribution in [3.63, 3.8) is 0 Å². The Bertz CT molecular complexity index is 539. The summed E-state index contributed by atoms with van der Waals surface area (Å²) in [4.78, 5) is 0. The quantitative estimate of drug-likeness (QED) is 0.449. The Balaban J connectivity index is 0.00000144. The molecule has 2 rings (SSSR count). The molecule has 0 bridgehead atoms. The fraction of sp³-hybridized carbons (Fsp3) is 0.0769. The normalized spacial score (nSPS) is 9.65. The van der Waals surface area contributed by atoms with Crippen molar-refractivity contribution in [2.24, 2.45) is 0 Å². The van der Waals surface area contributed by atoms with Crippen molar-refractivity contribution in [1.29, 1.82) is 0 Å². The number of rotatable bonds is 1. The molecule has 2 aromatic carbocycles. The first-order valence-corrected chi connectivity index (χ1v) is 4.76. The first-order valence-electron chi connectivity index (χ1n) is 4.76. The van der Waals surface area contributed by atoms with E-state index in [2.05, 4.69) is 0 Å². The molecule has 0 heterocycles. The van der Waals surface area contributed by atoms with Gasteiger partial charge in [0.1, 0.15) is 5.75 Å². The van der Waals surface area contributed by atoms with E-state index in [4.69, 9.17) is 11.5 Å². The summed E-state index contributed by atoms with van der Waals surface area (Å²) in [5, 5.41) is 19.0. The first kappa shape index (κ1) is 12.7. The van der Waals surface area contributed by atoms with Gasteiger partial charge in [0, 0.05) is 5.56 Å². The molecule has 0 radical (unpaired) electrons. The smallest absolute Gasteiger partial charge is 0.162 e. The van der Waals surface area contributed by atoms with Crippen molar-refractivity contribution >= 4 is 11.4 Å². The van der Waals surface area contributed by atoms with Crippen LogP contribution in [0.2, 0.25) is 0 Å². The fourth-order valence-electron chi connectivity index (χ4n) is 1.55. The lowest BCUT2D eigenvalue weighted by Gasteiger charge is -2.09. The first-order chi connectivity index (χ1) is 7.59. The Morgan fingerprint density at radius 1 is 0.941 bits per heavy atom. The minimum absolute atomic E-state index is 0. The van der Waals surface area contributed by atoms with Crippen LogP contribution in [0.25, 0.3) is 11.1 Å². The molecule has 0 amide bonds. The standard InChI is InChI=1S/C12H12N2O2.CH4/c13-10-5-4-9(11(14)12(10)16)7-2-1-3-8(15)6-7;/h1-6,15-16H,13-14H2;1H4. The van der Waals surface area contributed by atoms with Gasteiger partial charge < -0.3 is 21.7 Å². The minimum Gasteiger partial charge on any atom is -0.508 e. The monoisotopic (exact) mass is 232 g/mol. The van der Waals surface area contributed by atoms with E-state index >= 15 is 0 Å². The second-order valence-corrected chi connectivity index (χ2v) is 3.51. The maximum Gasteiger partial charge on any atom is 0.162 e. The Morgan fingerprint density at radius 3 is 2.29 bits per heavy atom. The van der Waals surface area contributed by atoms with Crippen molar-refractivity contribution in [1.82, 2.24) is 0 Å². The highest BCUT2D eigenvalue weighted by Gasteiger charge is 2.09. The number of nitrogens with two attached hydrogens (primary N) is 2. The summed E-state index contributed by atoms with van der Waals surface area (Å²) in [6.07, 6.45) is 0. The number of anilines is 2. The van der Waals surface area contributed by atoms with Crippen LogP contribution in [0, 0.1) is 0 Å². The summed E-state index contributed by atoms with van der Waals surface area (Å²) in [5.74, 6) is 0.0223. The molecular weight excluding hydrogens is 216 g/mol. The molecule has 4 nitrogen and oxygen atoms in total. The SMILES string of the molecule is C.Nc1ccc(-c2cccc(O)c2)c(N)c1O. The van der Waals surface area contributed by atoms with Gasteiger partial charge in [-0.25, -0.2) is 0 Å². The third-order valence-electron chi connectivity index (χ3n) is 2.41. The third-order valence-corrected chi connectivity index (χ3v) is 2.41. The highest BCUT2D eigenvalue weighted by Crippen LogP contribution is 2.37. The van der Waals surface area contributed by atoms with Crippen molar-refractivity contribution in [2.75, 3.05) is 11.5 Å². The fourth-order valence-corrected chi connectivity index (χ4v) is 1.55. The van der Waals surface area contributed by atoms with Crippen molar-refractivity contribution in [2.45, 2.75) is 7.43 Å². The maximum atomic E-state index is 9.61. The molecule has 2 aromatic rings. The molecule has 0 aliphatic rings. The van der Waals surface area contributed by atoms with Crippen LogP contribution < -0.4 is 11.5 Å². The Hall–Kier alpha value is -2.36. The molecule has 0 aliphatic carbocycles. The van der Waals surface area contributed by atoms with E-state index in [9.17, 15) is 10.2 Å². The molecule has 0 saturated heterocycles. The number of hydrogen-bond donors (Lipinski definition) is 4. The zero-order chi connectivity index (χ0) is 11.7. The van der Waals surface area contributed by atoms with Crippen LogP contribution in [0.3, 0.4) is 0 Å². The zero-order valence-corrected chi connectivity index (χ0v) is 8.51. The van der Waals surface area contributed by atoms with Gasteiger partial charge in [0.2, 0.25) is 0 Å². The largest absolute Gasteiger partial charge is 0.508 e. The van der Waals surface area contributed by atoms with Crippen molar-refractivity contribution in [3.8, 4) is 22.6 Å². The van der Waals surface area contributed by atoms with Crippen LogP contribution in [0.1, 0.15) is 7.43 Å². The number of aromatic hydroxyl groups is 2. The van der Waals surface area contributed by atoms with Gasteiger partial charge in [0.05, 0.1) is 11.4 Å². The summed E-state index contributed by atoms with van der Waals surface area (Å²) in [6, 6.07) is 9.92. The minimum atomic E-state index is -0.124. The third kappa shape index (κ3) is 2.25. The van der Waals surface area contributed by atoms with Gasteiger partial charge in [0.25, 0.3) is 0 Å². The highest BCUT2D eigenvalue weighted by molar-refractivity contribution is 5.85.